The third-order valence-electron chi connectivity index (χ3n) is 4.22. The summed E-state index contributed by atoms with van der Waals surface area (Å²) < 4.78 is 0. The van der Waals surface area contributed by atoms with Crippen molar-refractivity contribution in [3.8, 4) is 0 Å². The molecule has 2 aromatic carbocycles. The van der Waals surface area contributed by atoms with Crippen molar-refractivity contribution in [1.82, 2.24) is 15.0 Å². The summed E-state index contributed by atoms with van der Waals surface area (Å²) in [6.07, 6.45) is 4.05. The summed E-state index contributed by atoms with van der Waals surface area (Å²) in [4.78, 5) is 15.7. The Hall–Kier alpha value is -3.48. The van der Waals surface area contributed by atoms with Gasteiger partial charge in [-0.3, -0.25) is 0 Å². The fraction of sp³-hybridized carbons (Fsp3) is 0.200. The lowest BCUT2D eigenvalue weighted by molar-refractivity contribution is 0.883. The Labute approximate surface area is 158 Å². The third kappa shape index (κ3) is 4.58. The predicted octanol–water partition coefficient (Wildman–Crippen LogP) is 3.66. The van der Waals surface area contributed by atoms with Crippen LogP contribution in [0.25, 0.3) is 0 Å². The van der Waals surface area contributed by atoms with Crippen molar-refractivity contribution in [2.45, 2.75) is 12.8 Å². The fourth-order valence-electron chi connectivity index (χ4n) is 2.88. The normalized spacial score (nSPS) is 13.9. The second kappa shape index (κ2) is 8.27. The number of nitrogens with zero attached hydrogens (tertiary/aromatic N) is 5. The van der Waals surface area contributed by atoms with Crippen molar-refractivity contribution < 1.29 is 0 Å². The van der Waals surface area contributed by atoms with E-state index in [0.29, 0.717) is 17.8 Å². The molecule has 27 heavy (non-hydrogen) atoms. The molecule has 0 atom stereocenters. The van der Waals surface area contributed by atoms with Crippen LogP contribution in [0.15, 0.2) is 65.8 Å². The zero-order valence-corrected chi connectivity index (χ0v) is 14.9. The minimum atomic E-state index is 0.414. The smallest absolute Gasteiger partial charge is 0.250 e. The lowest BCUT2D eigenvalue weighted by Crippen LogP contribution is -2.21. The van der Waals surface area contributed by atoms with E-state index in [0.717, 1.165) is 37.2 Å². The molecule has 0 amide bonds. The highest BCUT2D eigenvalue weighted by molar-refractivity contribution is 5.79. The van der Waals surface area contributed by atoms with Gasteiger partial charge in [-0.05, 0) is 30.5 Å². The zero-order valence-electron chi connectivity index (χ0n) is 14.9. The van der Waals surface area contributed by atoms with Crippen molar-refractivity contribution in [2.24, 2.45) is 5.10 Å². The fourth-order valence-corrected chi connectivity index (χ4v) is 2.88. The maximum absolute atomic E-state index is 4.58. The highest BCUT2D eigenvalue weighted by Crippen LogP contribution is 2.20. The Morgan fingerprint density at radius 3 is 2.22 bits per heavy atom. The number of hydrogen-bond acceptors (Lipinski definition) is 7. The molecule has 0 radical (unpaired) electrons. The molecule has 3 aromatic rings. The van der Waals surface area contributed by atoms with Gasteiger partial charge in [-0.25, -0.2) is 5.43 Å². The van der Waals surface area contributed by atoms with E-state index >= 15 is 0 Å². The summed E-state index contributed by atoms with van der Waals surface area (Å²) in [6.45, 7) is 1.92. The lowest BCUT2D eigenvalue weighted by Gasteiger charge is -2.16. The molecule has 0 bridgehead atoms. The van der Waals surface area contributed by atoms with Gasteiger partial charge in [-0.2, -0.15) is 20.1 Å². The first-order valence-corrected chi connectivity index (χ1v) is 9.04. The van der Waals surface area contributed by atoms with Crippen LogP contribution in [-0.2, 0) is 0 Å². The first-order valence-electron chi connectivity index (χ1n) is 9.04. The molecule has 1 aromatic heterocycles. The summed E-state index contributed by atoms with van der Waals surface area (Å²) in [7, 11) is 0. The maximum Gasteiger partial charge on any atom is 0.250 e. The molecule has 7 nitrogen and oxygen atoms in total. The number of aromatic nitrogens is 3. The van der Waals surface area contributed by atoms with Gasteiger partial charge < -0.3 is 10.2 Å². The van der Waals surface area contributed by atoms with E-state index in [1.807, 2.05) is 60.7 Å². The molecule has 2 N–H and O–H groups in total. The second-order valence-corrected chi connectivity index (χ2v) is 6.25. The van der Waals surface area contributed by atoms with Gasteiger partial charge in [-0.1, -0.05) is 48.5 Å². The third-order valence-corrected chi connectivity index (χ3v) is 4.22. The van der Waals surface area contributed by atoms with Crippen LogP contribution in [0.4, 0.5) is 23.5 Å². The Morgan fingerprint density at radius 1 is 0.815 bits per heavy atom. The molecule has 0 unspecified atom stereocenters. The van der Waals surface area contributed by atoms with E-state index in [9.17, 15) is 0 Å². The van der Waals surface area contributed by atoms with Crippen molar-refractivity contribution in [3.05, 3.63) is 66.2 Å². The summed E-state index contributed by atoms with van der Waals surface area (Å²) >= 11 is 0. The van der Waals surface area contributed by atoms with E-state index in [1.165, 1.54) is 0 Å². The van der Waals surface area contributed by atoms with E-state index in [-0.39, 0.29) is 0 Å². The molecule has 0 saturated carbocycles. The zero-order chi connectivity index (χ0) is 18.3. The van der Waals surface area contributed by atoms with Crippen LogP contribution in [0, 0.1) is 0 Å². The molecule has 1 aliphatic rings. The van der Waals surface area contributed by atoms with Gasteiger partial charge in [0.2, 0.25) is 17.8 Å². The topological polar surface area (TPSA) is 78.3 Å². The summed E-state index contributed by atoms with van der Waals surface area (Å²) in [6, 6.07) is 19.7. The van der Waals surface area contributed by atoms with Crippen LogP contribution in [0.3, 0.4) is 0 Å². The Morgan fingerprint density at radius 2 is 1.48 bits per heavy atom. The number of hydrazone groups is 1. The highest BCUT2D eigenvalue weighted by Gasteiger charge is 2.17. The number of anilines is 4. The lowest BCUT2D eigenvalue weighted by atomic mass is 10.2. The minimum absolute atomic E-state index is 0.414. The molecule has 4 rings (SSSR count). The van der Waals surface area contributed by atoms with Gasteiger partial charge in [-0.15, -0.1) is 0 Å². The quantitative estimate of drug-likeness (QED) is 0.516. The van der Waals surface area contributed by atoms with Gasteiger partial charge in [0, 0.05) is 18.8 Å². The summed E-state index contributed by atoms with van der Waals surface area (Å²) in [5.74, 6) is 1.58. The van der Waals surface area contributed by atoms with Gasteiger partial charge in [0.15, 0.2) is 0 Å². The van der Waals surface area contributed by atoms with Crippen LogP contribution >= 0.6 is 0 Å². The number of nitrogens with one attached hydrogen (secondary N) is 2. The van der Waals surface area contributed by atoms with Crippen LogP contribution in [-0.4, -0.2) is 34.3 Å². The molecule has 7 heteroatoms. The van der Waals surface area contributed by atoms with Crippen molar-refractivity contribution in [2.75, 3.05) is 28.7 Å². The molecule has 0 aliphatic carbocycles. The van der Waals surface area contributed by atoms with Gasteiger partial charge >= 0.3 is 0 Å². The Kier molecular flexibility index (Phi) is 5.19. The summed E-state index contributed by atoms with van der Waals surface area (Å²) in [5.41, 5.74) is 4.85. The second-order valence-electron chi connectivity index (χ2n) is 6.25. The van der Waals surface area contributed by atoms with Crippen molar-refractivity contribution in [3.63, 3.8) is 0 Å². The van der Waals surface area contributed by atoms with E-state index < -0.39 is 0 Å². The molecular weight excluding hydrogens is 338 g/mol. The Bertz CT molecular complexity index is 891. The van der Waals surface area contributed by atoms with Crippen LogP contribution in [0.1, 0.15) is 18.4 Å². The number of para-hydroxylation sites is 1. The van der Waals surface area contributed by atoms with Crippen LogP contribution in [0.2, 0.25) is 0 Å². The Balaban J connectivity index is 1.56. The standard InChI is InChI=1S/C20H21N7/c1-3-9-16(10-4-1)15-21-26-19-23-18(22-17-11-5-2-6-12-17)24-20(25-19)27-13-7-8-14-27/h1-6,9-12,15H,7-8,13-14H2,(H2,22,23,24,25,26). The molecule has 1 fully saturated rings. The molecule has 1 saturated heterocycles. The van der Waals surface area contributed by atoms with E-state index in [1.54, 1.807) is 6.21 Å². The average molecular weight is 359 g/mol. The van der Waals surface area contributed by atoms with Crippen LogP contribution in [0.5, 0.6) is 0 Å². The maximum atomic E-state index is 4.58. The summed E-state index contributed by atoms with van der Waals surface area (Å²) in [5, 5.41) is 7.49. The van der Waals surface area contributed by atoms with Crippen LogP contribution < -0.4 is 15.6 Å². The SMILES string of the molecule is C(=NNc1nc(Nc2ccccc2)nc(N2CCCC2)n1)c1ccccc1. The monoisotopic (exact) mass is 359 g/mol. The number of hydrogen-bond donors (Lipinski definition) is 2. The number of benzene rings is 2. The van der Waals surface area contributed by atoms with E-state index in [4.69, 9.17) is 0 Å². The molecule has 136 valence electrons. The van der Waals surface area contributed by atoms with Gasteiger partial charge in [0.1, 0.15) is 0 Å². The van der Waals surface area contributed by atoms with E-state index in [2.05, 4.69) is 35.7 Å². The largest absolute Gasteiger partial charge is 0.341 e. The molecule has 0 spiro atoms. The van der Waals surface area contributed by atoms with Gasteiger partial charge in [0.25, 0.3) is 0 Å². The van der Waals surface area contributed by atoms with Crippen molar-refractivity contribution in [1.29, 1.82) is 0 Å². The highest BCUT2D eigenvalue weighted by atomic mass is 15.4. The molecule has 2 heterocycles. The minimum Gasteiger partial charge on any atom is -0.341 e. The number of rotatable bonds is 6. The predicted molar refractivity (Wildman–Crippen MR) is 109 cm³/mol. The first-order chi connectivity index (χ1) is 13.4. The van der Waals surface area contributed by atoms with Crippen molar-refractivity contribution >= 4 is 29.7 Å². The average Bonchev–Trinajstić information content (AvgIpc) is 3.24. The first kappa shape index (κ1) is 17.0. The van der Waals surface area contributed by atoms with Gasteiger partial charge in [0.05, 0.1) is 6.21 Å². The molecule has 1 aliphatic heterocycles. The molecular formula is C20H21N7.